The highest BCUT2D eigenvalue weighted by Crippen LogP contribution is 2.22. The highest BCUT2D eigenvalue weighted by atomic mass is 32.2. The number of amides is 1. The number of nitrogens with zero attached hydrogens (tertiary/aromatic N) is 2. The Morgan fingerprint density at radius 1 is 0.926 bits per heavy atom. The van der Waals surface area contributed by atoms with E-state index in [-0.39, 0.29) is 18.9 Å². The minimum absolute atomic E-state index is 0.0962. The van der Waals surface area contributed by atoms with Crippen molar-refractivity contribution >= 4 is 27.3 Å². The van der Waals surface area contributed by atoms with E-state index in [1.54, 1.807) is 4.90 Å². The maximum Gasteiger partial charge on any atom is 0.232 e. The first kappa shape index (κ1) is 21.0. The Kier molecular flexibility index (Phi) is 6.65. The fraction of sp³-hybridized carbons (Fsp3) is 0.381. The van der Waals surface area contributed by atoms with Crippen LogP contribution in [0.25, 0.3) is 0 Å². The summed E-state index contributed by atoms with van der Waals surface area (Å²) < 4.78 is 26.0. The fourth-order valence-electron chi connectivity index (χ4n) is 3.21. The number of sulfonamides is 1. The van der Waals surface area contributed by atoms with Gasteiger partial charge >= 0.3 is 0 Å². The van der Waals surface area contributed by atoms with Crippen LogP contribution < -0.4 is 9.21 Å². The molecule has 0 fully saturated rings. The summed E-state index contributed by atoms with van der Waals surface area (Å²) in [6.45, 7) is 8.40. The van der Waals surface area contributed by atoms with Crippen molar-refractivity contribution in [3.63, 3.8) is 0 Å². The lowest BCUT2D eigenvalue weighted by Crippen LogP contribution is -2.37. The summed E-state index contributed by atoms with van der Waals surface area (Å²) in [5.41, 5.74) is 4.48. The molecule has 0 aliphatic heterocycles. The van der Waals surface area contributed by atoms with Crippen LogP contribution in [0.4, 0.5) is 11.4 Å². The summed E-state index contributed by atoms with van der Waals surface area (Å²) in [6, 6.07) is 13.4. The van der Waals surface area contributed by atoms with Crippen LogP contribution in [-0.2, 0) is 14.8 Å². The molecular weight excluding hydrogens is 360 g/mol. The van der Waals surface area contributed by atoms with Gasteiger partial charge in [-0.2, -0.15) is 0 Å². The lowest BCUT2D eigenvalue weighted by Gasteiger charge is -2.26. The molecular formula is C21H28N2O3S. The molecule has 0 aliphatic rings. The predicted octanol–water partition coefficient (Wildman–Crippen LogP) is 3.82. The van der Waals surface area contributed by atoms with Crippen molar-refractivity contribution in [2.45, 2.75) is 34.1 Å². The molecule has 0 radical (unpaired) electrons. The summed E-state index contributed by atoms with van der Waals surface area (Å²) in [5.74, 6) is -0.0962. The molecule has 0 N–H and O–H groups in total. The maximum absolute atomic E-state index is 12.8. The topological polar surface area (TPSA) is 57.7 Å². The van der Waals surface area contributed by atoms with Crippen LogP contribution in [0, 0.1) is 20.8 Å². The number of carbonyl (C=O) groups is 1. The summed E-state index contributed by atoms with van der Waals surface area (Å²) in [5, 5.41) is 0. The SMILES string of the molecule is CCN(C(=O)CCN(c1cc(C)cc(C)c1)S(C)(=O)=O)c1cccc(C)c1. The van der Waals surface area contributed by atoms with Gasteiger partial charge in [0, 0.05) is 25.2 Å². The fourth-order valence-corrected chi connectivity index (χ4v) is 4.12. The molecule has 0 saturated heterocycles. The standard InChI is InChI=1S/C21H28N2O3S/c1-6-22(19-9-7-8-16(2)13-19)21(24)10-11-23(27(5,25)26)20-14-17(3)12-18(4)15-20/h7-9,12-15H,6,10-11H2,1-5H3. The Morgan fingerprint density at radius 2 is 1.52 bits per heavy atom. The normalized spacial score (nSPS) is 11.3. The Labute approximate surface area is 162 Å². The lowest BCUT2D eigenvalue weighted by molar-refractivity contribution is -0.118. The van der Waals surface area contributed by atoms with Crippen molar-refractivity contribution in [2.24, 2.45) is 0 Å². The Bertz CT molecular complexity index is 903. The maximum atomic E-state index is 12.8. The molecule has 0 unspecified atom stereocenters. The minimum Gasteiger partial charge on any atom is -0.313 e. The van der Waals surface area contributed by atoms with Crippen molar-refractivity contribution in [3.8, 4) is 0 Å². The first-order chi connectivity index (χ1) is 12.6. The third kappa shape index (κ3) is 5.57. The summed E-state index contributed by atoms with van der Waals surface area (Å²) in [4.78, 5) is 14.5. The molecule has 0 saturated carbocycles. The molecule has 1 amide bonds. The smallest absolute Gasteiger partial charge is 0.232 e. The molecule has 5 nitrogen and oxygen atoms in total. The number of rotatable bonds is 7. The van der Waals surface area contributed by atoms with Gasteiger partial charge in [-0.1, -0.05) is 18.2 Å². The molecule has 0 atom stereocenters. The van der Waals surface area contributed by atoms with Crippen LogP contribution in [0.5, 0.6) is 0 Å². The highest BCUT2D eigenvalue weighted by Gasteiger charge is 2.21. The monoisotopic (exact) mass is 388 g/mol. The number of hydrogen-bond acceptors (Lipinski definition) is 3. The second-order valence-electron chi connectivity index (χ2n) is 6.91. The van der Waals surface area contributed by atoms with Gasteiger partial charge in [0.15, 0.2) is 0 Å². The molecule has 27 heavy (non-hydrogen) atoms. The second kappa shape index (κ2) is 8.57. The van der Waals surface area contributed by atoms with Gasteiger partial charge < -0.3 is 4.90 Å². The van der Waals surface area contributed by atoms with Crippen LogP contribution in [0.3, 0.4) is 0 Å². The molecule has 0 spiro atoms. The van der Waals surface area contributed by atoms with Crippen molar-refractivity contribution in [1.29, 1.82) is 0 Å². The number of benzene rings is 2. The average Bonchev–Trinajstić information content (AvgIpc) is 2.53. The van der Waals surface area contributed by atoms with Gasteiger partial charge in [-0.15, -0.1) is 0 Å². The van der Waals surface area contributed by atoms with Crippen molar-refractivity contribution < 1.29 is 13.2 Å². The van der Waals surface area contributed by atoms with Gasteiger partial charge in [0.05, 0.1) is 11.9 Å². The Balaban J connectivity index is 2.22. The van der Waals surface area contributed by atoms with E-state index >= 15 is 0 Å². The third-order valence-corrected chi connectivity index (χ3v) is 5.55. The lowest BCUT2D eigenvalue weighted by atomic mass is 10.1. The summed E-state index contributed by atoms with van der Waals surface area (Å²) >= 11 is 0. The van der Waals surface area contributed by atoms with E-state index in [4.69, 9.17) is 0 Å². The Morgan fingerprint density at radius 3 is 2.04 bits per heavy atom. The van der Waals surface area contributed by atoms with Crippen LogP contribution in [-0.4, -0.2) is 33.7 Å². The van der Waals surface area contributed by atoms with E-state index in [0.29, 0.717) is 12.2 Å². The number of aryl methyl sites for hydroxylation is 3. The van der Waals surface area contributed by atoms with E-state index in [9.17, 15) is 13.2 Å². The van der Waals surface area contributed by atoms with Crippen LogP contribution in [0.15, 0.2) is 42.5 Å². The zero-order valence-electron chi connectivity index (χ0n) is 16.7. The zero-order chi connectivity index (χ0) is 20.2. The van der Waals surface area contributed by atoms with Gasteiger partial charge in [-0.25, -0.2) is 8.42 Å². The first-order valence-corrected chi connectivity index (χ1v) is 10.9. The van der Waals surface area contributed by atoms with Crippen molar-refractivity contribution in [1.82, 2.24) is 0 Å². The molecule has 146 valence electrons. The third-order valence-electron chi connectivity index (χ3n) is 4.35. The number of hydrogen-bond donors (Lipinski definition) is 0. The summed E-state index contributed by atoms with van der Waals surface area (Å²) in [7, 11) is -3.49. The first-order valence-electron chi connectivity index (χ1n) is 9.05. The van der Waals surface area contributed by atoms with Crippen LogP contribution in [0.2, 0.25) is 0 Å². The molecule has 2 aromatic rings. The van der Waals surface area contributed by atoms with E-state index in [1.807, 2.05) is 70.2 Å². The van der Waals surface area contributed by atoms with Gasteiger partial charge in [-0.3, -0.25) is 9.10 Å². The van der Waals surface area contributed by atoms with E-state index < -0.39 is 10.0 Å². The van der Waals surface area contributed by atoms with Crippen LogP contribution in [0.1, 0.15) is 30.0 Å². The largest absolute Gasteiger partial charge is 0.313 e. The quantitative estimate of drug-likeness (QED) is 0.724. The van der Waals surface area contributed by atoms with Crippen molar-refractivity contribution in [2.75, 3.05) is 28.6 Å². The number of anilines is 2. The average molecular weight is 389 g/mol. The van der Waals surface area contributed by atoms with Gasteiger partial charge in [0.1, 0.15) is 0 Å². The van der Waals surface area contributed by atoms with E-state index in [0.717, 1.165) is 22.4 Å². The van der Waals surface area contributed by atoms with E-state index in [2.05, 4.69) is 0 Å². The predicted molar refractivity (Wildman–Crippen MR) is 112 cm³/mol. The molecule has 2 aromatic carbocycles. The molecule has 2 rings (SSSR count). The van der Waals surface area contributed by atoms with Crippen LogP contribution >= 0.6 is 0 Å². The number of carbonyl (C=O) groups excluding carboxylic acids is 1. The minimum atomic E-state index is -3.49. The van der Waals surface area contributed by atoms with E-state index in [1.165, 1.54) is 10.6 Å². The highest BCUT2D eigenvalue weighted by molar-refractivity contribution is 7.92. The van der Waals surface area contributed by atoms with Gasteiger partial charge in [-0.05, 0) is 68.7 Å². The van der Waals surface area contributed by atoms with Gasteiger partial charge in [0.2, 0.25) is 15.9 Å². The molecule has 0 aliphatic carbocycles. The Hall–Kier alpha value is -2.34. The molecule has 6 heteroatoms. The van der Waals surface area contributed by atoms with Gasteiger partial charge in [0.25, 0.3) is 0 Å². The molecule has 0 bridgehead atoms. The second-order valence-corrected chi connectivity index (χ2v) is 8.81. The summed E-state index contributed by atoms with van der Waals surface area (Å²) in [6.07, 6.45) is 1.29. The zero-order valence-corrected chi connectivity index (χ0v) is 17.5. The van der Waals surface area contributed by atoms with Crippen molar-refractivity contribution in [3.05, 3.63) is 59.2 Å². The molecule has 0 heterocycles. The molecule has 0 aromatic heterocycles.